The van der Waals surface area contributed by atoms with E-state index >= 15 is 0 Å². The van der Waals surface area contributed by atoms with Gasteiger partial charge >= 0.3 is 5.97 Å². The summed E-state index contributed by atoms with van der Waals surface area (Å²) in [5, 5.41) is 0. The Morgan fingerprint density at radius 3 is 2.57 bits per heavy atom. The van der Waals surface area contributed by atoms with Gasteiger partial charge in [0, 0.05) is 12.8 Å². The molecule has 1 aromatic carbocycles. The van der Waals surface area contributed by atoms with Crippen LogP contribution in [-0.4, -0.2) is 32.1 Å². The van der Waals surface area contributed by atoms with Crippen molar-refractivity contribution in [1.82, 2.24) is 0 Å². The first-order valence-corrected chi connectivity index (χ1v) is 8.18. The maximum atomic E-state index is 13.9. The van der Waals surface area contributed by atoms with E-state index < -0.39 is 5.97 Å². The van der Waals surface area contributed by atoms with Crippen molar-refractivity contribution in [2.75, 3.05) is 20.3 Å². The Labute approximate surface area is 135 Å². The Morgan fingerprint density at radius 2 is 1.96 bits per heavy atom. The molecule has 0 unspecified atom stereocenters. The standard InChI is InChI=1S/C18H23FO4/c1-12-9-15(17(20)21-2)14(11-16(12)19)10-13-3-5-18(6-4-13)22-7-8-23-18/h9,11,13H,3-8,10H2,1-2H3. The zero-order valence-corrected chi connectivity index (χ0v) is 13.7. The number of hydrogen-bond acceptors (Lipinski definition) is 4. The van der Waals surface area contributed by atoms with E-state index in [0.717, 1.165) is 31.2 Å². The lowest BCUT2D eigenvalue weighted by atomic mass is 9.80. The molecule has 0 aromatic heterocycles. The van der Waals surface area contributed by atoms with E-state index in [2.05, 4.69) is 0 Å². The number of rotatable bonds is 3. The summed E-state index contributed by atoms with van der Waals surface area (Å²) < 4.78 is 30.2. The lowest BCUT2D eigenvalue weighted by Gasteiger charge is -2.35. The van der Waals surface area contributed by atoms with Crippen LogP contribution in [0.25, 0.3) is 0 Å². The molecule has 2 aliphatic rings. The zero-order valence-electron chi connectivity index (χ0n) is 13.7. The SMILES string of the molecule is COC(=O)c1cc(C)c(F)cc1CC1CCC2(CC1)OCCO2. The van der Waals surface area contributed by atoms with E-state index in [1.807, 2.05) is 0 Å². The van der Waals surface area contributed by atoms with Crippen LogP contribution in [0.4, 0.5) is 4.39 Å². The van der Waals surface area contributed by atoms with E-state index in [-0.39, 0.29) is 11.6 Å². The monoisotopic (exact) mass is 322 g/mol. The van der Waals surface area contributed by atoms with Crippen LogP contribution >= 0.6 is 0 Å². The van der Waals surface area contributed by atoms with Crippen molar-refractivity contribution in [3.05, 3.63) is 34.6 Å². The summed E-state index contributed by atoms with van der Waals surface area (Å²) in [6.07, 6.45) is 4.31. The Bertz CT molecular complexity index is 583. The van der Waals surface area contributed by atoms with Gasteiger partial charge in [0.25, 0.3) is 0 Å². The van der Waals surface area contributed by atoms with E-state index in [4.69, 9.17) is 14.2 Å². The number of aryl methyl sites for hydroxylation is 1. The highest BCUT2D eigenvalue weighted by molar-refractivity contribution is 5.91. The highest BCUT2D eigenvalue weighted by atomic mass is 19.1. The number of halogens is 1. The van der Waals surface area contributed by atoms with E-state index in [9.17, 15) is 9.18 Å². The normalized spacial score (nSPS) is 20.8. The van der Waals surface area contributed by atoms with Crippen molar-refractivity contribution in [2.24, 2.45) is 5.92 Å². The summed E-state index contributed by atoms with van der Waals surface area (Å²) in [6.45, 7) is 2.99. The van der Waals surface area contributed by atoms with Gasteiger partial charge in [-0.3, -0.25) is 0 Å². The third kappa shape index (κ3) is 3.40. The molecule has 3 rings (SSSR count). The fourth-order valence-electron chi connectivity index (χ4n) is 3.61. The molecule has 0 radical (unpaired) electrons. The topological polar surface area (TPSA) is 44.8 Å². The lowest BCUT2D eigenvalue weighted by molar-refractivity contribution is -0.182. The van der Waals surface area contributed by atoms with Crippen LogP contribution in [0.15, 0.2) is 12.1 Å². The largest absolute Gasteiger partial charge is 0.465 e. The van der Waals surface area contributed by atoms with E-state index in [1.165, 1.54) is 13.2 Å². The smallest absolute Gasteiger partial charge is 0.338 e. The third-order valence-electron chi connectivity index (χ3n) is 4.98. The van der Waals surface area contributed by atoms with Crippen molar-refractivity contribution in [3.8, 4) is 0 Å². The molecule has 2 fully saturated rings. The van der Waals surface area contributed by atoms with Crippen LogP contribution in [-0.2, 0) is 20.6 Å². The van der Waals surface area contributed by atoms with Gasteiger partial charge in [0.05, 0.1) is 25.9 Å². The molecule has 1 aliphatic carbocycles. The molecule has 1 aliphatic heterocycles. The van der Waals surface area contributed by atoms with Gasteiger partial charge in [-0.15, -0.1) is 0 Å². The first-order chi connectivity index (χ1) is 11.0. The summed E-state index contributed by atoms with van der Waals surface area (Å²) in [4.78, 5) is 12.0. The Morgan fingerprint density at radius 1 is 1.30 bits per heavy atom. The average Bonchev–Trinajstić information content (AvgIpc) is 3.00. The van der Waals surface area contributed by atoms with Gasteiger partial charge in [-0.05, 0) is 55.4 Å². The summed E-state index contributed by atoms with van der Waals surface area (Å²) in [5.41, 5.74) is 1.67. The maximum Gasteiger partial charge on any atom is 0.338 e. The fourth-order valence-corrected chi connectivity index (χ4v) is 3.61. The quantitative estimate of drug-likeness (QED) is 0.800. The van der Waals surface area contributed by atoms with Gasteiger partial charge in [-0.1, -0.05) is 0 Å². The summed E-state index contributed by atoms with van der Waals surface area (Å²) in [5.74, 6) is -0.667. The molecule has 23 heavy (non-hydrogen) atoms. The summed E-state index contributed by atoms with van der Waals surface area (Å²) >= 11 is 0. The minimum Gasteiger partial charge on any atom is -0.465 e. The molecular formula is C18H23FO4. The number of ether oxygens (including phenoxy) is 3. The number of carbonyl (C=O) groups is 1. The molecule has 126 valence electrons. The van der Waals surface area contributed by atoms with Gasteiger partial charge in [0.2, 0.25) is 0 Å². The second kappa shape index (κ2) is 6.57. The summed E-state index contributed by atoms with van der Waals surface area (Å²) in [6, 6.07) is 3.07. The first kappa shape index (κ1) is 16.4. The predicted molar refractivity (Wildman–Crippen MR) is 82.8 cm³/mol. The van der Waals surface area contributed by atoms with E-state index in [0.29, 0.717) is 36.7 Å². The Hall–Kier alpha value is -1.46. The summed E-state index contributed by atoms with van der Waals surface area (Å²) in [7, 11) is 1.35. The Balaban J connectivity index is 1.72. The maximum absolute atomic E-state index is 13.9. The lowest BCUT2D eigenvalue weighted by Crippen LogP contribution is -2.35. The van der Waals surface area contributed by atoms with Crippen LogP contribution in [0.5, 0.6) is 0 Å². The third-order valence-corrected chi connectivity index (χ3v) is 4.98. The van der Waals surface area contributed by atoms with Gasteiger partial charge in [-0.25, -0.2) is 9.18 Å². The second-order valence-corrected chi connectivity index (χ2v) is 6.51. The molecule has 1 spiro atoms. The zero-order chi connectivity index (χ0) is 16.4. The molecule has 0 N–H and O–H groups in total. The fraction of sp³-hybridized carbons (Fsp3) is 0.611. The highest BCUT2D eigenvalue weighted by Crippen LogP contribution is 2.39. The van der Waals surface area contributed by atoms with Gasteiger partial charge in [-0.2, -0.15) is 0 Å². The molecule has 1 heterocycles. The average molecular weight is 322 g/mol. The van der Waals surface area contributed by atoms with Crippen molar-refractivity contribution >= 4 is 5.97 Å². The second-order valence-electron chi connectivity index (χ2n) is 6.51. The van der Waals surface area contributed by atoms with Gasteiger partial charge in [0.15, 0.2) is 5.79 Å². The number of hydrogen-bond donors (Lipinski definition) is 0. The number of esters is 1. The van der Waals surface area contributed by atoms with Crippen LogP contribution in [0.2, 0.25) is 0 Å². The molecule has 5 heteroatoms. The number of carbonyl (C=O) groups excluding carboxylic acids is 1. The van der Waals surface area contributed by atoms with Crippen LogP contribution in [0, 0.1) is 18.7 Å². The number of benzene rings is 1. The molecule has 0 atom stereocenters. The first-order valence-electron chi connectivity index (χ1n) is 8.18. The van der Waals surface area contributed by atoms with Crippen molar-refractivity contribution < 1.29 is 23.4 Å². The highest BCUT2D eigenvalue weighted by Gasteiger charge is 2.40. The van der Waals surface area contributed by atoms with E-state index in [1.54, 1.807) is 13.0 Å². The van der Waals surface area contributed by atoms with Gasteiger partial charge in [0.1, 0.15) is 5.82 Å². The molecule has 0 amide bonds. The molecule has 0 bridgehead atoms. The number of methoxy groups -OCH3 is 1. The van der Waals surface area contributed by atoms with Crippen molar-refractivity contribution in [3.63, 3.8) is 0 Å². The minimum absolute atomic E-state index is 0.276. The van der Waals surface area contributed by atoms with Gasteiger partial charge < -0.3 is 14.2 Å². The van der Waals surface area contributed by atoms with Crippen molar-refractivity contribution in [2.45, 2.75) is 44.8 Å². The molecule has 1 saturated heterocycles. The Kier molecular flexibility index (Phi) is 4.69. The van der Waals surface area contributed by atoms with Crippen molar-refractivity contribution in [1.29, 1.82) is 0 Å². The van der Waals surface area contributed by atoms with Crippen LogP contribution in [0.1, 0.15) is 47.2 Å². The minimum atomic E-state index is -0.405. The molecular weight excluding hydrogens is 299 g/mol. The predicted octanol–water partition coefficient (Wildman–Crippen LogP) is 3.40. The molecule has 4 nitrogen and oxygen atoms in total. The molecule has 1 aromatic rings. The molecule has 1 saturated carbocycles. The van der Waals surface area contributed by atoms with Crippen LogP contribution in [0.3, 0.4) is 0 Å². The van der Waals surface area contributed by atoms with Crippen LogP contribution < -0.4 is 0 Å².